The predicted octanol–water partition coefficient (Wildman–Crippen LogP) is 3.53. The van der Waals surface area contributed by atoms with E-state index in [0.717, 1.165) is 30.6 Å². The third kappa shape index (κ3) is 3.58. The minimum atomic E-state index is -0.606. The van der Waals surface area contributed by atoms with Gasteiger partial charge in [-0.25, -0.2) is 0 Å². The summed E-state index contributed by atoms with van der Waals surface area (Å²) in [4.78, 5) is 16.0. The fourth-order valence-corrected chi connectivity index (χ4v) is 3.53. The molecule has 0 atom stereocenters. The number of methoxy groups -OCH3 is 1. The van der Waals surface area contributed by atoms with Gasteiger partial charge in [-0.1, -0.05) is 18.0 Å². The van der Waals surface area contributed by atoms with Crippen molar-refractivity contribution in [3.8, 4) is 17.2 Å². The first kappa shape index (κ1) is 19.5. The summed E-state index contributed by atoms with van der Waals surface area (Å²) in [5, 5.41) is 15.4. The molecule has 2 N–H and O–H groups in total. The quantitative estimate of drug-likeness (QED) is 0.471. The highest BCUT2D eigenvalue weighted by Gasteiger charge is 2.36. The highest BCUT2D eigenvalue weighted by Crippen LogP contribution is 2.40. The van der Waals surface area contributed by atoms with Crippen molar-refractivity contribution in [1.82, 2.24) is 10.1 Å². The number of nitro groups is 1. The molecule has 2 aromatic rings. The van der Waals surface area contributed by atoms with Gasteiger partial charge in [0.05, 0.1) is 28.5 Å². The van der Waals surface area contributed by atoms with Crippen molar-refractivity contribution < 1.29 is 14.2 Å². The van der Waals surface area contributed by atoms with Gasteiger partial charge in [-0.05, 0) is 25.2 Å². The van der Waals surface area contributed by atoms with E-state index >= 15 is 0 Å². The number of benzene rings is 1. The molecule has 1 heterocycles. The van der Waals surface area contributed by atoms with Gasteiger partial charge in [0.2, 0.25) is 0 Å². The van der Waals surface area contributed by atoms with Crippen molar-refractivity contribution in [2.24, 2.45) is 5.73 Å². The lowest BCUT2D eigenvalue weighted by molar-refractivity contribution is -0.384. The number of nitrogens with zero attached hydrogens (tertiary/aromatic N) is 3. The molecule has 0 amide bonds. The van der Waals surface area contributed by atoms with Crippen molar-refractivity contribution in [1.29, 1.82) is 0 Å². The molecule has 0 radical (unpaired) electrons. The van der Waals surface area contributed by atoms with Gasteiger partial charge in [0.25, 0.3) is 11.6 Å². The first-order valence-corrected chi connectivity index (χ1v) is 8.75. The summed E-state index contributed by atoms with van der Waals surface area (Å²) in [6.45, 7) is 0. The van der Waals surface area contributed by atoms with Crippen LogP contribution in [0.3, 0.4) is 0 Å². The Morgan fingerprint density at radius 1 is 1.40 bits per heavy atom. The van der Waals surface area contributed by atoms with Gasteiger partial charge in [0.15, 0.2) is 5.82 Å². The highest BCUT2D eigenvalue weighted by atomic mass is 35.5. The zero-order valence-corrected chi connectivity index (χ0v) is 15.5. The maximum atomic E-state index is 11.4. The van der Waals surface area contributed by atoms with Crippen LogP contribution in [0.4, 0.5) is 5.69 Å². The monoisotopic (exact) mass is 386 g/mol. The highest BCUT2D eigenvalue weighted by molar-refractivity contribution is 7.98. The van der Waals surface area contributed by atoms with Crippen molar-refractivity contribution in [3.05, 3.63) is 28.1 Å². The number of aromatic nitrogens is 2. The van der Waals surface area contributed by atoms with Crippen LogP contribution < -0.4 is 10.5 Å². The molecule has 1 aromatic carbocycles. The fourth-order valence-electron chi connectivity index (χ4n) is 2.96. The molecule has 1 aliphatic rings. The molecule has 25 heavy (non-hydrogen) atoms. The van der Waals surface area contributed by atoms with E-state index in [2.05, 4.69) is 10.1 Å². The van der Waals surface area contributed by atoms with Crippen LogP contribution in [0.5, 0.6) is 5.75 Å². The van der Waals surface area contributed by atoms with E-state index in [1.807, 2.05) is 6.26 Å². The van der Waals surface area contributed by atoms with Crippen LogP contribution in [0.25, 0.3) is 11.5 Å². The Hall–Kier alpha value is -1.84. The maximum absolute atomic E-state index is 11.4. The molecular weight excluding hydrogens is 368 g/mol. The van der Waals surface area contributed by atoms with Crippen molar-refractivity contribution >= 4 is 29.9 Å². The predicted molar refractivity (Wildman–Crippen MR) is 96.3 cm³/mol. The van der Waals surface area contributed by atoms with Crippen LogP contribution >= 0.6 is 24.2 Å². The van der Waals surface area contributed by atoms with Crippen LogP contribution in [0, 0.1) is 10.1 Å². The molecule has 1 aromatic heterocycles. The van der Waals surface area contributed by atoms with Crippen molar-refractivity contribution in [2.45, 2.75) is 36.1 Å². The average Bonchev–Trinajstić information content (AvgIpc) is 3.23. The molecular formula is C15H19ClN4O4S. The van der Waals surface area contributed by atoms with Gasteiger partial charge in [0.1, 0.15) is 11.3 Å². The van der Waals surface area contributed by atoms with E-state index in [-0.39, 0.29) is 29.5 Å². The lowest BCUT2D eigenvalue weighted by Gasteiger charge is -2.17. The molecule has 0 unspecified atom stereocenters. The number of nitrogens with two attached hydrogens (primary N) is 1. The van der Waals surface area contributed by atoms with E-state index in [0.29, 0.717) is 11.6 Å². The lowest BCUT2D eigenvalue weighted by Crippen LogP contribution is -2.34. The number of hydrogen-bond donors (Lipinski definition) is 1. The second-order valence-electron chi connectivity index (χ2n) is 5.77. The standard InChI is InChI=1S/C15H18N4O4S.ClH/c1-22-11-8-10(19(20)21)9(7-12(11)24-2)13-17-14(18-23-13)15(16)5-3-4-6-15;/h7-8H,3-6,16H2,1-2H3;1H. The van der Waals surface area contributed by atoms with Gasteiger partial charge in [-0.2, -0.15) is 4.98 Å². The zero-order chi connectivity index (χ0) is 17.3. The van der Waals surface area contributed by atoms with Gasteiger partial charge in [-0.3, -0.25) is 10.1 Å². The first-order chi connectivity index (χ1) is 11.5. The van der Waals surface area contributed by atoms with Crippen molar-refractivity contribution in [2.75, 3.05) is 13.4 Å². The Balaban J connectivity index is 0.00000225. The average molecular weight is 387 g/mol. The molecule has 136 valence electrons. The van der Waals surface area contributed by atoms with E-state index in [1.165, 1.54) is 24.9 Å². The molecule has 1 fully saturated rings. The van der Waals surface area contributed by atoms with Crippen LogP contribution in [0.1, 0.15) is 31.5 Å². The molecule has 1 saturated carbocycles. The summed E-state index contributed by atoms with van der Waals surface area (Å²) in [6.07, 6.45) is 5.46. The minimum Gasteiger partial charge on any atom is -0.495 e. The van der Waals surface area contributed by atoms with E-state index in [4.69, 9.17) is 15.0 Å². The Morgan fingerprint density at radius 2 is 2.08 bits per heavy atom. The number of rotatable bonds is 5. The molecule has 0 saturated heterocycles. The zero-order valence-electron chi connectivity index (χ0n) is 13.9. The van der Waals surface area contributed by atoms with E-state index in [9.17, 15) is 10.1 Å². The fraction of sp³-hybridized carbons (Fsp3) is 0.467. The summed E-state index contributed by atoms with van der Waals surface area (Å²) in [6, 6.07) is 3.01. The van der Waals surface area contributed by atoms with Gasteiger partial charge in [-0.15, -0.1) is 24.2 Å². The van der Waals surface area contributed by atoms with Crippen LogP contribution in [-0.2, 0) is 5.54 Å². The summed E-state index contributed by atoms with van der Waals surface area (Å²) in [5.74, 6) is 0.945. The topological polar surface area (TPSA) is 117 Å². The number of ether oxygens (including phenoxy) is 1. The Labute approximate surface area is 155 Å². The van der Waals surface area contributed by atoms with Gasteiger partial charge >= 0.3 is 0 Å². The third-order valence-corrected chi connectivity index (χ3v) is 5.05. The molecule has 0 spiro atoms. The van der Waals surface area contributed by atoms with E-state index in [1.54, 1.807) is 6.07 Å². The molecule has 0 aliphatic heterocycles. The number of hydrogen-bond acceptors (Lipinski definition) is 8. The molecule has 3 rings (SSSR count). The SMILES string of the molecule is COc1cc([N+](=O)[O-])c(-c2nc(C3(N)CCCC3)no2)cc1SC.Cl. The van der Waals surface area contributed by atoms with Crippen LogP contribution in [-0.4, -0.2) is 28.4 Å². The number of halogens is 1. The molecule has 0 bridgehead atoms. The minimum absolute atomic E-state index is 0. The summed E-state index contributed by atoms with van der Waals surface area (Å²) < 4.78 is 10.5. The van der Waals surface area contributed by atoms with Gasteiger partial charge < -0.3 is 15.0 Å². The second kappa shape index (κ2) is 7.59. The third-order valence-electron chi connectivity index (χ3n) is 4.30. The smallest absolute Gasteiger partial charge is 0.285 e. The lowest BCUT2D eigenvalue weighted by atomic mass is 9.98. The van der Waals surface area contributed by atoms with Crippen molar-refractivity contribution in [3.63, 3.8) is 0 Å². The molecule has 8 nitrogen and oxygen atoms in total. The summed E-state index contributed by atoms with van der Waals surface area (Å²) in [5.41, 5.74) is 5.85. The normalized spacial score (nSPS) is 15.6. The molecule has 1 aliphatic carbocycles. The summed E-state index contributed by atoms with van der Waals surface area (Å²) >= 11 is 1.42. The summed E-state index contributed by atoms with van der Waals surface area (Å²) in [7, 11) is 1.47. The largest absolute Gasteiger partial charge is 0.495 e. The van der Waals surface area contributed by atoms with E-state index < -0.39 is 10.5 Å². The van der Waals surface area contributed by atoms with Crippen LogP contribution in [0.2, 0.25) is 0 Å². The second-order valence-corrected chi connectivity index (χ2v) is 6.62. The number of nitro benzene ring substituents is 1. The maximum Gasteiger partial charge on any atom is 0.285 e. The first-order valence-electron chi connectivity index (χ1n) is 7.52. The Kier molecular flexibility index (Phi) is 5.91. The van der Waals surface area contributed by atoms with Gasteiger partial charge in [0, 0.05) is 0 Å². The molecule has 10 heteroatoms. The Bertz CT molecular complexity index is 777. The number of thioether (sulfide) groups is 1. The Morgan fingerprint density at radius 3 is 2.64 bits per heavy atom. The van der Waals surface area contributed by atoms with Crippen LogP contribution in [0.15, 0.2) is 21.6 Å².